The molecule has 8 heteroatoms. The summed E-state index contributed by atoms with van der Waals surface area (Å²) < 4.78 is 12.9. The van der Waals surface area contributed by atoms with E-state index in [2.05, 4.69) is 15.0 Å². The van der Waals surface area contributed by atoms with Gasteiger partial charge in [-0.2, -0.15) is 0 Å². The molecular formula is C22H20N4O4. The van der Waals surface area contributed by atoms with Crippen molar-refractivity contribution in [1.82, 2.24) is 19.5 Å². The first kappa shape index (κ1) is 18.5. The van der Waals surface area contributed by atoms with E-state index in [0.29, 0.717) is 36.6 Å². The lowest BCUT2D eigenvalue weighted by molar-refractivity contribution is -0.153. The molecule has 0 aliphatic carbocycles. The molecule has 1 aliphatic rings. The second-order valence-corrected chi connectivity index (χ2v) is 7.51. The van der Waals surface area contributed by atoms with Crippen molar-refractivity contribution in [2.75, 3.05) is 26.4 Å². The third-order valence-electron chi connectivity index (χ3n) is 5.39. The number of hydrogen-bond donors (Lipinski definition) is 2. The van der Waals surface area contributed by atoms with E-state index in [0.717, 1.165) is 16.8 Å². The minimum atomic E-state index is -0.310. The third-order valence-corrected chi connectivity index (χ3v) is 5.39. The van der Waals surface area contributed by atoms with Crippen LogP contribution in [0.2, 0.25) is 0 Å². The fraction of sp³-hybridized carbons (Fsp3) is 0.227. The number of pyridine rings is 1. The van der Waals surface area contributed by atoms with Crippen LogP contribution in [0.4, 0.5) is 0 Å². The second kappa shape index (κ2) is 7.40. The third kappa shape index (κ3) is 3.16. The first-order valence-corrected chi connectivity index (χ1v) is 9.60. The molecule has 1 fully saturated rings. The number of aromatic nitrogens is 4. The molecule has 0 radical (unpaired) electrons. The van der Waals surface area contributed by atoms with Crippen molar-refractivity contribution in [2.24, 2.45) is 5.41 Å². The van der Waals surface area contributed by atoms with Crippen molar-refractivity contribution in [1.29, 1.82) is 0 Å². The summed E-state index contributed by atoms with van der Waals surface area (Å²) in [6.07, 6.45) is 6.72. The maximum absolute atomic E-state index is 12.6. The van der Waals surface area contributed by atoms with Gasteiger partial charge >= 0.3 is 0 Å². The van der Waals surface area contributed by atoms with Crippen LogP contribution in [0.25, 0.3) is 27.8 Å². The number of aliphatic hydroxyl groups excluding tert-OH is 1. The molecule has 4 aromatic rings. The van der Waals surface area contributed by atoms with Gasteiger partial charge in [0.25, 0.3) is 5.56 Å². The predicted molar refractivity (Wildman–Crippen MR) is 111 cm³/mol. The van der Waals surface area contributed by atoms with Gasteiger partial charge in [0.15, 0.2) is 5.65 Å². The van der Waals surface area contributed by atoms with E-state index in [1.54, 1.807) is 12.4 Å². The zero-order chi connectivity index (χ0) is 20.6. The Balaban J connectivity index is 1.50. The van der Waals surface area contributed by atoms with Crippen molar-refractivity contribution < 1.29 is 14.6 Å². The molecule has 0 amide bonds. The number of ether oxygens (including phenoxy) is 2. The lowest BCUT2D eigenvalue weighted by Gasteiger charge is -2.39. The molecule has 0 saturated carbocycles. The van der Waals surface area contributed by atoms with E-state index in [1.807, 2.05) is 47.2 Å². The standard InChI is InChI=1S/C22H20N4O4/c27-10-22(11-29-12-22)13-30-17-3-1-15(2-4-17)18-9-26(16-5-7-23-8-6-16)20-19(18)21(28)25-14-24-20/h1-9,14,27H,10-13H2,(H,24,25,28). The van der Waals surface area contributed by atoms with Crippen molar-refractivity contribution in [2.45, 2.75) is 0 Å². The highest BCUT2D eigenvalue weighted by atomic mass is 16.5. The van der Waals surface area contributed by atoms with Gasteiger partial charge in [0.2, 0.25) is 0 Å². The summed E-state index contributed by atoms with van der Waals surface area (Å²) in [6.45, 7) is 1.45. The summed E-state index contributed by atoms with van der Waals surface area (Å²) in [5.74, 6) is 0.698. The Labute approximate surface area is 171 Å². The zero-order valence-electron chi connectivity index (χ0n) is 16.1. The number of rotatable bonds is 6. The highest BCUT2D eigenvalue weighted by Gasteiger charge is 2.39. The topological polar surface area (TPSA) is 102 Å². The molecule has 1 aromatic carbocycles. The SMILES string of the molecule is O=c1[nH]cnc2c1c(-c1ccc(OCC3(CO)COC3)cc1)cn2-c1ccncc1. The Bertz CT molecular complexity index is 1220. The Morgan fingerprint density at radius 1 is 1.17 bits per heavy atom. The van der Waals surface area contributed by atoms with Crippen LogP contribution in [0.5, 0.6) is 5.75 Å². The van der Waals surface area contributed by atoms with Gasteiger partial charge in [0, 0.05) is 24.2 Å². The van der Waals surface area contributed by atoms with Gasteiger partial charge in [-0.3, -0.25) is 9.78 Å². The fourth-order valence-corrected chi connectivity index (χ4v) is 3.57. The van der Waals surface area contributed by atoms with E-state index in [1.165, 1.54) is 6.33 Å². The number of nitrogens with zero attached hydrogens (tertiary/aromatic N) is 3. The molecule has 1 aliphatic heterocycles. The molecule has 0 atom stereocenters. The molecule has 30 heavy (non-hydrogen) atoms. The molecule has 5 rings (SSSR count). The van der Waals surface area contributed by atoms with Crippen molar-refractivity contribution in [3.8, 4) is 22.6 Å². The van der Waals surface area contributed by atoms with Gasteiger partial charge in [-0.15, -0.1) is 0 Å². The highest BCUT2D eigenvalue weighted by Crippen LogP contribution is 2.32. The first-order chi connectivity index (χ1) is 14.7. The molecule has 0 bridgehead atoms. The summed E-state index contributed by atoms with van der Waals surface area (Å²) in [5.41, 5.74) is 2.60. The first-order valence-electron chi connectivity index (χ1n) is 9.60. The number of benzene rings is 1. The summed E-state index contributed by atoms with van der Waals surface area (Å²) in [5, 5.41) is 10.0. The Kier molecular flexibility index (Phi) is 4.57. The van der Waals surface area contributed by atoms with E-state index < -0.39 is 0 Å². The average Bonchev–Trinajstić information content (AvgIpc) is 3.15. The maximum atomic E-state index is 12.6. The summed E-state index contributed by atoms with van der Waals surface area (Å²) in [6, 6.07) is 11.3. The van der Waals surface area contributed by atoms with Crippen LogP contribution in [0.3, 0.4) is 0 Å². The number of aromatic amines is 1. The van der Waals surface area contributed by atoms with Crippen LogP contribution in [0.15, 0.2) is 66.1 Å². The van der Waals surface area contributed by atoms with Crippen LogP contribution in [-0.4, -0.2) is 51.1 Å². The molecule has 1 saturated heterocycles. The van der Waals surface area contributed by atoms with Crippen molar-refractivity contribution in [3.63, 3.8) is 0 Å². The quantitative estimate of drug-likeness (QED) is 0.511. The van der Waals surface area contributed by atoms with Crippen LogP contribution in [0, 0.1) is 5.41 Å². The van der Waals surface area contributed by atoms with Gasteiger partial charge in [0.1, 0.15) is 12.4 Å². The summed E-state index contributed by atoms with van der Waals surface area (Å²) in [4.78, 5) is 23.7. The highest BCUT2D eigenvalue weighted by molar-refractivity contribution is 5.94. The lowest BCUT2D eigenvalue weighted by atomic mass is 9.88. The monoisotopic (exact) mass is 404 g/mol. The van der Waals surface area contributed by atoms with Gasteiger partial charge in [0.05, 0.1) is 42.6 Å². The Morgan fingerprint density at radius 2 is 1.93 bits per heavy atom. The number of hydrogen-bond acceptors (Lipinski definition) is 6. The van der Waals surface area contributed by atoms with Crippen LogP contribution in [-0.2, 0) is 4.74 Å². The van der Waals surface area contributed by atoms with Crippen LogP contribution >= 0.6 is 0 Å². The van der Waals surface area contributed by atoms with Crippen LogP contribution in [0.1, 0.15) is 0 Å². The lowest BCUT2D eigenvalue weighted by Crippen LogP contribution is -2.49. The van der Waals surface area contributed by atoms with Gasteiger partial charge in [-0.1, -0.05) is 12.1 Å². The smallest absolute Gasteiger partial charge is 0.260 e. The Morgan fingerprint density at radius 3 is 2.60 bits per heavy atom. The molecule has 152 valence electrons. The van der Waals surface area contributed by atoms with Crippen molar-refractivity contribution >= 4 is 11.0 Å². The fourth-order valence-electron chi connectivity index (χ4n) is 3.57. The van der Waals surface area contributed by atoms with Gasteiger partial charge in [-0.05, 0) is 29.8 Å². The van der Waals surface area contributed by atoms with E-state index in [4.69, 9.17) is 9.47 Å². The normalized spacial score (nSPS) is 15.1. The maximum Gasteiger partial charge on any atom is 0.260 e. The summed E-state index contributed by atoms with van der Waals surface area (Å²) >= 11 is 0. The predicted octanol–water partition coefficient (Wildman–Crippen LogP) is 2.16. The van der Waals surface area contributed by atoms with Crippen LogP contribution < -0.4 is 10.3 Å². The van der Waals surface area contributed by atoms with Gasteiger partial charge in [-0.25, -0.2) is 4.98 Å². The van der Waals surface area contributed by atoms with Crippen molar-refractivity contribution in [3.05, 3.63) is 71.7 Å². The molecule has 4 heterocycles. The van der Waals surface area contributed by atoms with Gasteiger partial charge < -0.3 is 24.1 Å². The molecule has 2 N–H and O–H groups in total. The van der Waals surface area contributed by atoms with E-state index in [9.17, 15) is 9.90 Å². The number of fused-ring (bicyclic) bond motifs is 1. The minimum absolute atomic E-state index is 0.0371. The molecule has 8 nitrogen and oxygen atoms in total. The largest absolute Gasteiger partial charge is 0.493 e. The van der Waals surface area contributed by atoms with E-state index in [-0.39, 0.29) is 17.6 Å². The number of nitrogens with one attached hydrogen (secondary N) is 1. The zero-order valence-corrected chi connectivity index (χ0v) is 16.1. The van der Waals surface area contributed by atoms with E-state index >= 15 is 0 Å². The Hall–Kier alpha value is -3.49. The average molecular weight is 404 g/mol. The molecule has 3 aromatic heterocycles. The summed E-state index contributed by atoms with van der Waals surface area (Å²) in [7, 11) is 0. The minimum Gasteiger partial charge on any atom is -0.493 e. The molecular weight excluding hydrogens is 384 g/mol. The second-order valence-electron chi connectivity index (χ2n) is 7.51. The molecule has 0 spiro atoms. The number of aliphatic hydroxyl groups is 1. The number of H-pyrrole nitrogens is 1. The molecule has 0 unspecified atom stereocenters.